The molecule has 0 spiro atoms. The molecule has 0 fully saturated rings. The zero-order valence-electron chi connectivity index (χ0n) is 10.9. The molecule has 3 aromatic rings. The summed E-state index contributed by atoms with van der Waals surface area (Å²) in [6.07, 6.45) is 3.17. The minimum Gasteiger partial charge on any atom is -0.367 e. The van der Waals surface area contributed by atoms with E-state index in [2.05, 4.69) is 10.1 Å². The summed E-state index contributed by atoms with van der Waals surface area (Å²) in [5, 5.41) is 3.94. The molecule has 1 aromatic carbocycles. The van der Waals surface area contributed by atoms with Crippen molar-refractivity contribution < 1.29 is 4.52 Å². The third-order valence-electron chi connectivity index (χ3n) is 3.21. The maximum atomic E-state index is 12.0. The number of benzene rings is 1. The Kier molecular flexibility index (Phi) is 2.87. The highest BCUT2D eigenvalue weighted by Crippen LogP contribution is 2.36. The lowest BCUT2D eigenvalue weighted by molar-refractivity contribution is 0.439. The van der Waals surface area contributed by atoms with Crippen LogP contribution in [0.25, 0.3) is 22.4 Å². The third-order valence-corrected chi connectivity index (χ3v) is 3.21. The van der Waals surface area contributed by atoms with E-state index in [-0.39, 0.29) is 11.3 Å². The van der Waals surface area contributed by atoms with Gasteiger partial charge in [0.2, 0.25) is 5.88 Å². The van der Waals surface area contributed by atoms with Crippen molar-refractivity contribution in [1.82, 2.24) is 10.1 Å². The summed E-state index contributed by atoms with van der Waals surface area (Å²) >= 11 is 0. The highest BCUT2D eigenvalue weighted by Gasteiger charge is 2.20. The number of nitrogen functional groups attached to an aromatic ring is 1. The van der Waals surface area contributed by atoms with Gasteiger partial charge in [-0.25, -0.2) is 0 Å². The predicted octanol–water partition coefficient (Wildman–Crippen LogP) is 2.59. The molecular weight excluding hydrogens is 254 g/mol. The van der Waals surface area contributed by atoms with E-state index >= 15 is 0 Å². The molecule has 3 rings (SSSR count). The van der Waals surface area contributed by atoms with Gasteiger partial charge in [-0.15, -0.1) is 0 Å². The van der Waals surface area contributed by atoms with Crippen molar-refractivity contribution in [3.05, 3.63) is 58.5 Å². The van der Waals surface area contributed by atoms with Crippen molar-refractivity contribution in [2.24, 2.45) is 0 Å². The number of anilines is 1. The molecule has 0 saturated carbocycles. The van der Waals surface area contributed by atoms with E-state index in [1.165, 1.54) is 6.07 Å². The van der Waals surface area contributed by atoms with Gasteiger partial charge >= 0.3 is 0 Å². The lowest BCUT2D eigenvalue weighted by Crippen LogP contribution is -2.04. The Hall–Kier alpha value is -2.82. The van der Waals surface area contributed by atoms with E-state index in [0.717, 1.165) is 11.1 Å². The van der Waals surface area contributed by atoms with E-state index in [0.29, 0.717) is 16.8 Å². The molecule has 20 heavy (non-hydrogen) atoms. The summed E-state index contributed by atoms with van der Waals surface area (Å²) in [5.74, 6) is 0.206. The van der Waals surface area contributed by atoms with Crippen LogP contribution in [0.5, 0.6) is 0 Å². The zero-order chi connectivity index (χ0) is 14.1. The van der Waals surface area contributed by atoms with Crippen LogP contribution in [0.1, 0.15) is 5.56 Å². The van der Waals surface area contributed by atoms with E-state index in [1.807, 2.05) is 31.2 Å². The number of aromatic amines is 1. The molecule has 2 heterocycles. The number of hydrogen-bond acceptors (Lipinski definition) is 4. The first-order valence-corrected chi connectivity index (χ1v) is 6.17. The van der Waals surface area contributed by atoms with Crippen LogP contribution < -0.4 is 11.2 Å². The van der Waals surface area contributed by atoms with Crippen LogP contribution in [0.2, 0.25) is 0 Å². The molecule has 0 radical (unpaired) electrons. The van der Waals surface area contributed by atoms with Crippen molar-refractivity contribution >= 4 is 5.88 Å². The number of pyridine rings is 1. The van der Waals surface area contributed by atoms with Gasteiger partial charge in [-0.3, -0.25) is 4.79 Å². The number of nitrogens with two attached hydrogens (primary N) is 1. The summed E-state index contributed by atoms with van der Waals surface area (Å²) in [4.78, 5) is 14.8. The molecule has 0 aliphatic rings. The fourth-order valence-corrected chi connectivity index (χ4v) is 2.20. The highest BCUT2D eigenvalue weighted by molar-refractivity contribution is 5.87. The van der Waals surface area contributed by atoms with E-state index in [1.54, 1.807) is 12.4 Å². The second-order valence-corrected chi connectivity index (χ2v) is 4.51. The van der Waals surface area contributed by atoms with Crippen LogP contribution in [-0.2, 0) is 0 Å². The first kappa shape index (κ1) is 12.2. The Morgan fingerprint density at radius 2 is 2.00 bits per heavy atom. The lowest BCUT2D eigenvalue weighted by atomic mass is 9.98. The molecule has 100 valence electrons. The summed E-state index contributed by atoms with van der Waals surface area (Å²) < 4.78 is 5.09. The van der Waals surface area contributed by atoms with Gasteiger partial charge < -0.3 is 15.2 Å². The quantitative estimate of drug-likeness (QED) is 0.747. The van der Waals surface area contributed by atoms with Crippen LogP contribution in [0.3, 0.4) is 0 Å². The third kappa shape index (κ3) is 1.89. The number of rotatable bonds is 2. The monoisotopic (exact) mass is 267 g/mol. The van der Waals surface area contributed by atoms with Gasteiger partial charge in [-0.2, -0.15) is 0 Å². The second-order valence-electron chi connectivity index (χ2n) is 4.51. The van der Waals surface area contributed by atoms with Gasteiger partial charge in [-0.05, 0) is 18.1 Å². The van der Waals surface area contributed by atoms with E-state index in [4.69, 9.17) is 10.3 Å². The number of hydrogen-bond donors (Lipinski definition) is 2. The van der Waals surface area contributed by atoms with Crippen LogP contribution >= 0.6 is 0 Å². The standard InChI is InChI=1S/C15H13N3O2/c1-9-4-2-3-5-10(9)13-14(18-20-15(13)16)11-8-17-7-6-12(11)19/h2-8H,16H2,1H3,(H,17,19). The molecule has 5 nitrogen and oxygen atoms in total. The van der Waals surface area contributed by atoms with Gasteiger partial charge in [-0.1, -0.05) is 29.4 Å². The maximum absolute atomic E-state index is 12.0. The molecule has 0 bridgehead atoms. The smallest absolute Gasteiger partial charge is 0.230 e. The molecule has 2 aromatic heterocycles. The summed E-state index contributed by atoms with van der Waals surface area (Å²) in [5.41, 5.74) is 9.25. The van der Waals surface area contributed by atoms with Crippen LogP contribution in [0.4, 0.5) is 5.88 Å². The van der Waals surface area contributed by atoms with Crippen LogP contribution in [0.15, 0.2) is 52.0 Å². The van der Waals surface area contributed by atoms with E-state index in [9.17, 15) is 4.79 Å². The topological polar surface area (TPSA) is 84.9 Å². The van der Waals surface area contributed by atoms with Crippen molar-refractivity contribution in [2.75, 3.05) is 5.73 Å². The molecule has 0 saturated heterocycles. The van der Waals surface area contributed by atoms with Crippen molar-refractivity contribution in [2.45, 2.75) is 6.92 Å². The van der Waals surface area contributed by atoms with Crippen molar-refractivity contribution in [3.63, 3.8) is 0 Å². The number of nitrogens with one attached hydrogen (secondary N) is 1. The molecule has 0 aliphatic carbocycles. The molecule has 0 atom stereocenters. The number of aryl methyl sites for hydroxylation is 1. The Labute approximate surface area is 115 Å². The van der Waals surface area contributed by atoms with Crippen LogP contribution in [-0.4, -0.2) is 10.1 Å². The van der Waals surface area contributed by atoms with E-state index < -0.39 is 0 Å². The lowest BCUT2D eigenvalue weighted by Gasteiger charge is -2.05. The maximum Gasteiger partial charge on any atom is 0.230 e. The van der Waals surface area contributed by atoms with Gasteiger partial charge in [0, 0.05) is 18.5 Å². The minimum atomic E-state index is -0.133. The van der Waals surface area contributed by atoms with Gasteiger partial charge in [0.15, 0.2) is 5.43 Å². The Bertz CT molecular complexity index is 818. The summed E-state index contributed by atoms with van der Waals surface area (Å²) in [6, 6.07) is 9.20. The first-order chi connectivity index (χ1) is 9.68. The first-order valence-electron chi connectivity index (χ1n) is 6.17. The normalized spacial score (nSPS) is 10.7. The van der Waals surface area contributed by atoms with Crippen molar-refractivity contribution in [3.8, 4) is 22.4 Å². The van der Waals surface area contributed by atoms with Gasteiger partial charge in [0.05, 0.1) is 11.1 Å². The fourth-order valence-electron chi connectivity index (χ4n) is 2.20. The SMILES string of the molecule is Cc1ccccc1-c1c(-c2c[nH]ccc2=O)noc1N. The largest absolute Gasteiger partial charge is 0.367 e. The average molecular weight is 267 g/mol. The zero-order valence-corrected chi connectivity index (χ0v) is 10.9. The van der Waals surface area contributed by atoms with Gasteiger partial charge in [0.25, 0.3) is 0 Å². The fraction of sp³-hybridized carbons (Fsp3) is 0.0667. The van der Waals surface area contributed by atoms with Gasteiger partial charge in [0.1, 0.15) is 5.69 Å². The minimum absolute atomic E-state index is 0.133. The van der Waals surface area contributed by atoms with Crippen LogP contribution in [0, 0.1) is 6.92 Å². The molecule has 0 amide bonds. The highest BCUT2D eigenvalue weighted by atomic mass is 16.5. The summed E-state index contributed by atoms with van der Waals surface area (Å²) in [6.45, 7) is 1.97. The molecule has 5 heteroatoms. The number of nitrogens with zero attached hydrogens (tertiary/aromatic N) is 1. The molecule has 0 unspecified atom stereocenters. The Balaban J connectivity index is 2.29. The predicted molar refractivity (Wildman–Crippen MR) is 77.1 cm³/mol. The molecular formula is C15H13N3O2. The molecule has 0 aliphatic heterocycles. The Morgan fingerprint density at radius 3 is 2.75 bits per heavy atom. The average Bonchev–Trinajstić information content (AvgIpc) is 2.82. The second kappa shape index (κ2) is 4.70. The van der Waals surface area contributed by atoms with Crippen molar-refractivity contribution in [1.29, 1.82) is 0 Å². The Morgan fingerprint density at radius 1 is 1.20 bits per heavy atom. The summed E-state index contributed by atoms with van der Waals surface area (Å²) in [7, 11) is 0. The molecule has 3 N–H and O–H groups in total. The number of aromatic nitrogens is 2. The number of H-pyrrole nitrogens is 1.